The standard InChI is InChI=1S/C20H19N3O4/c1-12-6-4-5-7-16(12)23-19(26)14-9-8-13(10-15(14)20(23)27)18(25)21-11-17(24)22(2)3/h4-10H,11H2,1-3H3,(H,21,25). The Labute approximate surface area is 156 Å². The highest BCUT2D eigenvalue weighted by Gasteiger charge is 2.37. The van der Waals surface area contributed by atoms with Crippen molar-refractivity contribution in [3.05, 3.63) is 64.7 Å². The molecule has 0 unspecified atom stereocenters. The molecule has 1 aliphatic heterocycles. The summed E-state index contributed by atoms with van der Waals surface area (Å²) in [5.74, 6) is -1.62. The molecule has 3 rings (SSSR count). The van der Waals surface area contributed by atoms with E-state index in [1.807, 2.05) is 19.1 Å². The van der Waals surface area contributed by atoms with Crippen LogP contribution in [-0.2, 0) is 4.79 Å². The molecule has 0 saturated carbocycles. The van der Waals surface area contributed by atoms with Gasteiger partial charge in [-0.25, -0.2) is 4.90 Å². The van der Waals surface area contributed by atoms with Crippen molar-refractivity contribution in [2.45, 2.75) is 6.92 Å². The molecule has 1 N–H and O–H groups in total. The molecule has 0 aromatic heterocycles. The SMILES string of the molecule is Cc1ccccc1N1C(=O)c2ccc(C(=O)NCC(=O)N(C)C)cc2C1=O. The Hall–Kier alpha value is -3.48. The number of imide groups is 1. The van der Waals surface area contributed by atoms with Crippen molar-refractivity contribution in [1.29, 1.82) is 0 Å². The number of aryl methyl sites for hydroxylation is 1. The number of rotatable bonds is 4. The first-order valence-electron chi connectivity index (χ1n) is 8.38. The van der Waals surface area contributed by atoms with Crippen LogP contribution in [0.1, 0.15) is 36.6 Å². The number of benzene rings is 2. The summed E-state index contributed by atoms with van der Waals surface area (Å²) in [6, 6.07) is 11.4. The summed E-state index contributed by atoms with van der Waals surface area (Å²) >= 11 is 0. The summed E-state index contributed by atoms with van der Waals surface area (Å²) in [5, 5.41) is 2.51. The van der Waals surface area contributed by atoms with Crippen molar-refractivity contribution < 1.29 is 19.2 Å². The zero-order chi connectivity index (χ0) is 19.7. The first-order chi connectivity index (χ1) is 12.8. The number of hydrogen-bond donors (Lipinski definition) is 1. The number of amides is 4. The van der Waals surface area contributed by atoms with Gasteiger partial charge >= 0.3 is 0 Å². The molecule has 7 heteroatoms. The molecule has 0 bridgehead atoms. The first-order valence-corrected chi connectivity index (χ1v) is 8.38. The molecule has 1 heterocycles. The average Bonchev–Trinajstić information content (AvgIpc) is 2.90. The van der Waals surface area contributed by atoms with Gasteiger partial charge in [0.1, 0.15) is 0 Å². The van der Waals surface area contributed by atoms with E-state index in [2.05, 4.69) is 5.32 Å². The van der Waals surface area contributed by atoms with Gasteiger partial charge < -0.3 is 10.2 Å². The lowest BCUT2D eigenvalue weighted by molar-refractivity contribution is -0.127. The lowest BCUT2D eigenvalue weighted by atomic mass is 10.1. The van der Waals surface area contributed by atoms with Gasteiger partial charge in [-0.2, -0.15) is 0 Å². The minimum absolute atomic E-state index is 0.148. The van der Waals surface area contributed by atoms with E-state index in [-0.39, 0.29) is 29.1 Å². The molecule has 1 aliphatic rings. The highest BCUT2D eigenvalue weighted by atomic mass is 16.2. The fraction of sp³-hybridized carbons (Fsp3) is 0.200. The van der Waals surface area contributed by atoms with Gasteiger partial charge in [-0.1, -0.05) is 18.2 Å². The van der Waals surface area contributed by atoms with Gasteiger partial charge in [0.25, 0.3) is 17.7 Å². The maximum atomic E-state index is 12.8. The first kappa shape index (κ1) is 18.3. The van der Waals surface area contributed by atoms with Gasteiger partial charge in [0, 0.05) is 19.7 Å². The minimum Gasteiger partial charge on any atom is -0.347 e. The van der Waals surface area contributed by atoms with E-state index in [4.69, 9.17) is 0 Å². The molecule has 2 aromatic carbocycles. The van der Waals surface area contributed by atoms with Crippen LogP contribution in [0.15, 0.2) is 42.5 Å². The van der Waals surface area contributed by atoms with Crippen LogP contribution in [0.5, 0.6) is 0 Å². The zero-order valence-corrected chi connectivity index (χ0v) is 15.3. The molecule has 0 radical (unpaired) electrons. The van der Waals surface area contributed by atoms with E-state index in [1.165, 1.54) is 23.1 Å². The second kappa shape index (κ2) is 7.03. The zero-order valence-electron chi connectivity index (χ0n) is 15.3. The van der Waals surface area contributed by atoms with Gasteiger partial charge in [0.05, 0.1) is 23.4 Å². The van der Waals surface area contributed by atoms with Crippen LogP contribution >= 0.6 is 0 Å². The van der Waals surface area contributed by atoms with Crippen LogP contribution in [0.2, 0.25) is 0 Å². The van der Waals surface area contributed by atoms with E-state index >= 15 is 0 Å². The third kappa shape index (κ3) is 3.31. The van der Waals surface area contributed by atoms with Crippen molar-refractivity contribution >= 4 is 29.3 Å². The van der Waals surface area contributed by atoms with Crippen molar-refractivity contribution in [3.63, 3.8) is 0 Å². The maximum Gasteiger partial charge on any atom is 0.266 e. The Bertz CT molecular complexity index is 965. The number of nitrogens with one attached hydrogen (secondary N) is 1. The molecule has 27 heavy (non-hydrogen) atoms. The van der Waals surface area contributed by atoms with Gasteiger partial charge in [0.2, 0.25) is 5.91 Å². The summed E-state index contributed by atoms with van der Waals surface area (Å²) in [6.07, 6.45) is 0. The van der Waals surface area contributed by atoms with E-state index in [0.717, 1.165) is 10.5 Å². The van der Waals surface area contributed by atoms with E-state index in [9.17, 15) is 19.2 Å². The quantitative estimate of drug-likeness (QED) is 0.834. The van der Waals surface area contributed by atoms with Crippen LogP contribution in [0.4, 0.5) is 5.69 Å². The number of carbonyl (C=O) groups is 4. The Morgan fingerprint density at radius 1 is 1.00 bits per heavy atom. The van der Waals surface area contributed by atoms with E-state index in [0.29, 0.717) is 5.69 Å². The normalized spacial score (nSPS) is 12.8. The largest absolute Gasteiger partial charge is 0.347 e. The summed E-state index contributed by atoms with van der Waals surface area (Å²) in [5.41, 5.74) is 1.96. The number of hydrogen-bond acceptors (Lipinski definition) is 4. The van der Waals surface area contributed by atoms with E-state index < -0.39 is 17.7 Å². The molecular formula is C20H19N3O4. The lowest BCUT2D eigenvalue weighted by Crippen LogP contribution is -2.36. The number of nitrogens with zero attached hydrogens (tertiary/aromatic N) is 2. The number of anilines is 1. The predicted molar refractivity (Wildman–Crippen MR) is 99.8 cm³/mol. The number of carbonyl (C=O) groups excluding carboxylic acids is 4. The molecule has 0 atom stereocenters. The van der Waals surface area contributed by atoms with Crippen LogP contribution in [0, 0.1) is 6.92 Å². The summed E-state index contributed by atoms with van der Waals surface area (Å²) in [4.78, 5) is 51.8. The van der Waals surface area contributed by atoms with Crippen LogP contribution in [0.3, 0.4) is 0 Å². The maximum absolute atomic E-state index is 12.8. The molecule has 7 nitrogen and oxygen atoms in total. The van der Waals surface area contributed by atoms with Gasteiger partial charge in [-0.15, -0.1) is 0 Å². The molecule has 0 aliphatic carbocycles. The third-order valence-corrected chi connectivity index (χ3v) is 4.40. The number of likely N-dealkylation sites (N-methyl/N-ethyl adjacent to an activating group) is 1. The summed E-state index contributed by atoms with van der Waals surface area (Å²) in [6.45, 7) is 1.67. The third-order valence-electron chi connectivity index (χ3n) is 4.40. The predicted octanol–water partition coefficient (Wildman–Crippen LogP) is 1.61. The summed E-state index contributed by atoms with van der Waals surface area (Å²) < 4.78 is 0. The number of fused-ring (bicyclic) bond motifs is 1. The molecule has 0 fully saturated rings. The average molecular weight is 365 g/mol. The molecule has 2 aromatic rings. The van der Waals surface area contributed by atoms with Crippen molar-refractivity contribution in [1.82, 2.24) is 10.2 Å². The Morgan fingerprint density at radius 3 is 2.33 bits per heavy atom. The van der Waals surface area contributed by atoms with Crippen LogP contribution < -0.4 is 10.2 Å². The molecule has 4 amide bonds. The monoisotopic (exact) mass is 365 g/mol. The van der Waals surface area contributed by atoms with Crippen molar-refractivity contribution in [2.75, 3.05) is 25.5 Å². The summed E-state index contributed by atoms with van der Waals surface area (Å²) in [7, 11) is 3.18. The fourth-order valence-electron chi connectivity index (χ4n) is 2.83. The molecule has 0 saturated heterocycles. The topological polar surface area (TPSA) is 86.8 Å². The highest BCUT2D eigenvalue weighted by Crippen LogP contribution is 2.30. The van der Waals surface area contributed by atoms with Crippen LogP contribution in [0.25, 0.3) is 0 Å². The minimum atomic E-state index is -0.484. The lowest BCUT2D eigenvalue weighted by Gasteiger charge is -2.16. The Kier molecular flexibility index (Phi) is 4.77. The van der Waals surface area contributed by atoms with Gasteiger partial charge in [-0.05, 0) is 36.8 Å². The molecular weight excluding hydrogens is 346 g/mol. The van der Waals surface area contributed by atoms with Gasteiger partial charge in [-0.3, -0.25) is 19.2 Å². The molecule has 138 valence electrons. The van der Waals surface area contributed by atoms with Crippen molar-refractivity contribution in [2.24, 2.45) is 0 Å². The Morgan fingerprint density at radius 2 is 1.67 bits per heavy atom. The van der Waals surface area contributed by atoms with Crippen LogP contribution in [-0.4, -0.2) is 49.2 Å². The van der Waals surface area contributed by atoms with Crippen molar-refractivity contribution in [3.8, 4) is 0 Å². The highest BCUT2D eigenvalue weighted by molar-refractivity contribution is 6.35. The van der Waals surface area contributed by atoms with E-state index in [1.54, 1.807) is 26.2 Å². The fourth-order valence-corrected chi connectivity index (χ4v) is 2.83. The second-order valence-corrected chi connectivity index (χ2v) is 6.46. The smallest absolute Gasteiger partial charge is 0.266 e. The number of para-hydroxylation sites is 1. The van der Waals surface area contributed by atoms with Gasteiger partial charge in [0.15, 0.2) is 0 Å². The molecule has 0 spiro atoms. The second-order valence-electron chi connectivity index (χ2n) is 6.46. The Balaban J connectivity index is 1.87.